The van der Waals surface area contributed by atoms with E-state index in [0.29, 0.717) is 29.1 Å². The predicted octanol–water partition coefficient (Wildman–Crippen LogP) is 4.43. The highest BCUT2D eigenvalue weighted by Gasteiger charge is 2.48. The number of alkyl halides is 1. The number of nitrogen functional groups attached to an aromatic ring is 1. The minimum absolute atomic E-state index is 0.0318. The van der Waals surface area contributed by atoms with Crippen LogP contribution in [0, 0.1) is 5.92 Å². The fourth-order valence-corrected chi connectivity index (χ4v) is 6.79. The van der Waals surface area contributed by atoms with Crippen LogP contribution in [-0.4, -0.2) is 63.7 Å². The molecule has 1 saturated heterocycles. The van der Waals surface area contributed by atoms with E-state index in [9.17, 15) is 9.36 Å². The number of imidazole rings is 1. The van der Waals surface area contributed by atoms with E-state index in [1.54, 1.807) is 42.7 Å². The van der Waals surface area contributed by atoms with Crippen LogP contribution in [-0.2, 0) is 29.5 Å². The first-order chi connectivity index (χ1) is 19.3. The van der Waals surface area contributed by atoms with Gasteiger partial charge in [-0.25, -0.2) is 14.5 Å². The Labute approximate surface area is 239 Å². The quantitative estimate of drug-likeness (QED) is 0.228. The molecule has 3 N–H and O–H groups in total. The third kappa shape index (κ3) is 7.21. The smallest absolute Gasteiger partial charge is 0.323 e. The molecule has 224 valence electrons. The highest BCUT2D eigenvalue weighted by Crippen LogP contribution is 2.50. The molecular weight excluding hydrogens is 552 g/mol. The highest BCUT2D eigenvalue weighted by molar-refractivity contribution is 7.56. The lowest BCUT2D eigenvalue weighted by Crippen LogP contribution is -2.37. The molecule has 1 aromatic carbocycles. The lowest BCUT2D eigenvalue weighted by Gasteiger charge is -2.27. The topological polar surface area (TPSA) is 147 Å². The first kappa shape index (κ1) is 30.8. The second-order valence-corrected chi connectivity index (χ2v) is 12.9. The van der Waals surface area contributed by atoms with Gasteiger partial charge in [-0.05, 0) is 33.3 Å². The van der Waals surface area contributed by atoms with Gasteiger partial charge in [-0.15, -0.1) is 0 Å². The van der Waals surface area contributed by atoms with Gasteiger partial charge in [-0.1, -0.05) is 37.3 Å². The predicted molar refractivity (Wildman–Crippen MR) is 154 cm³/mol. The van der Waals surface area contributed by atoms with E-state index >= 15 is 4.39 Å². The zero-order valence-electron chi connectivity index (χ0n) is 24.3. The molecule has 1 aliphatic rings. The average molecular weight is 592 g/mol. The largest absolute Gasteiger partial charge is 0.462 e. The number of carbonyl (C=O) groups excluding carboxylic acids is 1. The second kappa shape index (κ2) is 12.4. The number of hydrogen-bond acceptors (Lipinski definition) is 10. The van der Waals surface area contributed by atoms with E-state index < -0.39 is 38.2 Å². The number of ether oxygens (including phenoxy) is 2. The van der Waals surface area contributed by atoms with Crippen LogP contribution in [0.4, 0.5) is 16.2 Å². The van der Waals surface area contributed by atoms with Crippen molar-refractivity contribution in [2.45, 2.75) is 71.4 Å². The van der Waals surface area contributed by atoms with E-state index in [1.165, 1.54) is 13.3 Å². The van der Waals surface area contributed by atoms with Crippen LogP contribution in [0.3, 0.4) is 0 Å². The summed E-state index contributed by atoms with van der Waals surface area (Å²) in [5.74, 6) is -2.54. The minimum atomic E-state index is -3.79. The Kier molecular flexibility index (Phi) is 9.32. The molecule has 0 unspecified atom stereocenters. The van der Waals surface area contributed by atoms with Crippen molar-refractivity contribution in [3.63, 3.8) is 0 Å². The van der Waals surface area contributed by atoms with Gasteiger partial charge in [-0.3, -0.25) is 13.9 Å². The normalized spacial score (nSPS) is 23.0. The number of fused-ring (bicyclic) bond motifs is 1. The summed E-state index contributed by atoms with van der Waals surface area (Å²) >= 11 is 0. The van der Waals surface area contributed by atoms with Gasteiger partial charge in [0.25, 0.3) is 7.52 Å². The summed E-state index contributed by atoms with van der Waals surface area (Å²) in [6, 6.07) is 8.05. The summed E-state index contributed by atoms with van der Waals surface area (Å²) in [6.45, 7) is 8.84. The molecule has 14 heteroatoms. The summed E-state index contributed by atoms with van der Waals surface area (Å²) in [5.41, 5.74) is 7.62. The van der Waals surface area contributed by atoms with Crippen molar-refractivity contribution in [3.8, 4) is 0 Å². The van der Waals surface area contributed by atoms with E-state index in [2.05, 4.69) is 20.0 Å². The molecule has 41 heavy (non-hydrogen) atoms. The molecule has 5 atom stereocenters. The Morgan fingerprint density at radius 1 is 1.32 bits per heavy atom. The van der Waals surface area contributed by atoms with E-state index in [0.717, 1.165) is 0 Å². The van der Waals surface area contributed by atoms with Crippen molar-refractivity contribution in [2.75, 3.05) is 30.8 Å². The third-order valence-electron chi connectivity index (χ3n) is 6.79. The summed E-state index contributed by atoms with van der Waals surface area (Å²) in [5, 5.41) is 2.78. The third-order valence-corrected chi connectivity index (χ3v) is 8.90. The molecule has 4 rings (SSSR count). The maximum absolute atomic E-state index is 16.2. The standard InChI is InChI=1S/C27H39FN7O5P/c1-7-34(6)22-21-23(32-26(29)31-22)35(16-30-21)24-18(4)13-27(28,40-24)15-38-41(37,14-20-11-9-8-10-12-20)33-19(5)25(36)39-17(2)3/h8-12,16-19,24H,7,13-15H2,1-6H3,(H,33,37)(H2,29,31,32)/t18-,19-,24+,27-,41-/m0/s1. The zero-order valence-corrected chi connectivity index (χ0v) is 25.2. The second-order valence-electron chi connectivity index (χ2n) is 10.7. The van der Waals surface area contributed by atoms with Gasteiger partial charge in [-0.2, -0.15) is 9.97 Å². The van der Waals surface area contributed by atoms with Crippen molar-refractivity contribution >= 4 is 36.4 Å². The molecule has 1 fully saturated rings. The Morgan fingerprint density at radius 3 is 2.68 bits per heavy atom. The van der Waals surface area contributed by atoms with Crippen molar-refractivity contribution in [1.29, 1.82) is 0 Å². The van der Waals surface area contributed by atoms with Gasteiger partial charge in [0.15, 0.2) is 17.0 Å². The molecule has 3 aromatic rings. The molecule has 0 saturated carbocycles. The average Bonchev–Trinajstić information content (AvgIpc) is 3.46. The van der Waals surface area contributed by atoms with Crippen molar-refractivity contribution in [3.05, 3.63) is 42.2 Å². The van der Waals surface area contributed by atoms with Gasteiger partial charge < -0.3 is 24.6 Å². The number of hydrogen-bond donors (Lipinski definition) is 2. The Bertz CT molecular complexity index is 1410. The summed E-state index contributed by atoms with van der Waals surface area (Å²) in [7, 11) is -1.92. The molecule has 2 aromatic heterocycles. The Morgan fingerprint density at radius 2 is 2.02 bits per heavy atom. The number of anilines is 2. The molecule has 3 heterocycles. The van der Waals surface area contributed by atoms with Crippen molar-refractivity contribution < 1.29 is 27.7 Å². The van der Waals surface area contributed by atoms with Crippen LogP contribution < -0.4 is 15.7 Å². The number of halogens is 1. The first-order valence-electron chi connectivity index (χ1n) is 13.7. The van der Waals surface area contributed by atoms with E-state index in [1.807, 2.05) is 31.9 Å². The summed E-state index contributed by atoms with van der Waals surface area (Å²) in [4.78, 5) is 27.5. The van der Waals surface area contributed by atoms with Gasteiger partial charge in [0.1, 0.15) is 18.9 Å². The molecule has 1 aliphatic heterocycles. The fourth-order valence-electron chi connectivity index (χ4n) is 4.74. The number of nitrogens with two attached hydrogens (primary N) is 1. The minimum Gasteiger partial charge on any atom is -0.462 e. The summed E-state index contributed by atoms with van der Waals surface area (Å²) < 4.78 is 48.8. The number of nitrogens with zero attached hydrogens (tertiary/aromatic N) is 5. The molecule has 0 spiro atoms. The number of aromatic nitrogens is 4. The number of nitrogens with one attached hydrogen (secondary N) is 1. The fraction of sp³-hybridized carbons (Fsp3) is 0.556. The maximum Gasteiger partial charge on any atom is 0.323 e. The lowest BCUT2D eigenvalue weighted by atomic mass is 10.1. The molecule has 0 radical (unpaired) electrons. The Balaban J connectivity index is 1.54. The van der Waals surface area contributed by atoms with Gasteiger partial charge in [0, 0.05) is 25.9 Å². The van der Waals surface area contributed by atoms with Crippen LogP contribution in [0.2, 0.25) is 0 Å². The zero-order chi connectivity index (χ0) is 29.9. The number of carbonyl (C=O) groups is 1. The van der Waals surface area contributed by atoms with Crippen molar-refractivity contribution in [1.82, 2.24) is 24.6 Å². The van der Waals surface area contributed by atoms with Gasteiger partial charge in [0.2, 0.25) is 11.8 Å². The van der Waals surface area contributed by atoms with Crippen LogP contribution in [0.1, 0.15) is 52.8 Å². The van der Waals surface area contributed by atoms with Crippen molar-refractivity contribution in [2.24, 2.45) is 5.92 Å². The highest BCUT2D eigenvalue weighted by atomic mass is 31.2. The van der Waals surface area contributed by atoms with Crippen LogP contribution in [0.15, 0.2) is 36.7 Å². The van der Waals surface area contributed by atoms with Gasteiger partial charge >= 0.3 is 5.97 Å². The molecule has 0 aliphatic carbocycles. The maximum atomic E-state index is 16.2. The number of benzene rings is 1. The van der Waals surface area contributed by atoms with E-state index in [4.69, 9.17) is 19.7 Å². The van der Waals surface area contributed by atoms with Crippen LogP contribution in [0.25, 0.3) is 11.2 Å². The van der Waals surface area contributed by atoms with E-state index in [-0.39, 0.29) is 30.6 Å². The molecule has 0 amide bonds. The van der Waals surface area contributed by atoms with Gasteiger partial charge in [0.05, 0.1) is 18.6 Å². The molecule has 12 nitrogen and oxygen atoms in total. The molecular formula is C27H39FN7O5P. The lowest BCUT2D eigenvalue weighted by molar-refractivity contribution is -0.172. The van der Waals surface area contributed by atoms with Crippen LogP contribution >= 0.6 is 7.52 Å². The first-order valence-corrected chi connectivity index (χ1v) is 15.5. The summed E-state index contributed by atoms with van der Waals surface area (Å²) in [6.07, 6.45) is 0.320. The number of esters is 1. The monoisotopic (exact) mass is 591 g/mol. The molecule has 0 bridgehead atoms. The SMILES string of the molecule is CCN(C)c1nc(N)nc2c1ncn2[C@@H]1O[C@](F)(CO[P@@](=O)(Cc2ccccc2)N[C@@H](C)C(=O)OC(C)C)C[C@@H]1C. The Hall–Kier alpha value is -3.12. The van der Waals surface area contributed by atoms with Crippen LogP contribution in [0.5, 0.6) is 0 Å². The number of rotatable bonds is 12.